The van der Waals surface area contributed by atoms with Gasteiger partial charge >= 0.3 is 5.97 Å². The minimum Gasteiger partial charge on any atom is -0.459 e. The summed E-state index contributed by atoms with van der Waals surface area (Å²) in [5.74, 6) is 12.5. The molecule has 1 aromatic rings. The van der Waals surface area contributed by atoms with Gasteiger partial charge in [-0.15, -0.1) is 0 Å². The fraction of sp³-hybridized carbons (Fsp3) is 0.500. The Balaban J connectivity index is 2.85. The highest BCUT2D eigenvalue weighted by atomic mass is 32.2. The molecular weight excluding hydrogens is 466 g/mol. The summed E-state index contributed by atoms with van der Waals surface area (Å²) in [6.45, 7) is 13.5. The van der Waals surface area contributed by atoms with Crippen LogP contribution in [0.15, 0.2) is 29.2 Å². The first-order valence-electron chi connectivity index (χ1n) is 11.1. The Bertz CT molecular complexity index is 1120. The topological polar surface area (TPSA) is 72.9 Å². The zero-order chi connectivity index (χ0) is 25.8. The molecule has 0 saturated carbocycles. The molecule has 0 radical (unpaired) electrons. The van der Waals surface area contributed by atoms with E-state index in [0.29, 0.717) is 13.0 Å². The van der Waals surface area contributed by atoms with Gasteiger partial charge in [-0.1, -0.05) is 50.3 Å². The largest absolute Gasteiger partial charge is 0.459 e. The van der Waals surface area contributed by atoms with Crippen molar-refractivity contribution in [3.63, 3.8) is 0 Å². The molecule has 1 rings (SSSR count). The van der Waals surface area contributed by atoms with Crippen LogP contribution in [-0.2, 0) is 24.0 Å². The Morgan fingerprint density at radius 2 is 1.71 bits per heavy atom. The Hall–Kier alpha value is -2.70. The number of ether oxygens (including phenoxy) is 1. The van der Waals surface area contributed by atoms with Gasteiger partial charge in [0.15, 0.2) is 8.32 Å². The second-order valence-corrected chi connectivity index (χ2v) is 15.9. The third kappa shape index (κ3) is 9.65. The number of hydrogen-bond donors (Lipinski definition) is 0. The van der Waals surface area contributed by atoms with Crippen LogP contribution in [0.3, 0.4) is 0 Å². The molecule has 0 spiro atoms. The number of unbranched alkanes of at least 4 members (excludes halogenated alkanes) is 1. The Morgan fingerprint density at radius 1 is 1.06 bits per heavy atom. The SMILES string of the molecule is COC(=O)C#CCCN(C#CC#CCCCO[Si](C)(C)C(C)(C)C)S(=O)(=O)c1ccc(C)cc1. The van der Waals surface area contributed by atoms with E-state index in [0.717, 1.165) is 16.3 Å². The molecule has 184 valence electrons. The highest BCUT2D eigenvalue weighted by Gasteiger charge is 2.36. The van der Waals surface area contributed by atoms with Crippen LogP contribution in [0.4, 0.5) is 0 Å². The number of esters is 1. The summed E-state index contributed by atoms with van der Waals surface area (Å²) in [4.78, 5) is 11.3. The second kappa shape index (κ2) is 13.3. The van der Waals surface area contributed by atoms with Crippen LogP contribution in [0.1, 0.15) is 45.6 Å². The maximum atomic E-state index is 13.0. The van der Waals surface area contributed by atoms with Crippen molar-refractivity contribution in [3.8, 4) is 35.6 Å². The molecule has 0 aliphatic carbocycles. The van der Waals surface area contributed by atoms with Crippen molar-refractivity contribution < 1.29 is 22.4 Å². The summed E-state index contributed by atoms with van der Waals surface area (Å²) in [5.41, 5.74) is 0.948. The summed E-state index contributed by atoms with van der Waals surface area (Å²) in [7, 11) is -4.40. The number of nitrogens with zero attached hydrogens (tertiary/aromatic N) is 1. The minimum absolute atomic E-state index is 0.00472. The highest BCUT2D eigenvalue weighted by molar-refractivity contribution is 7.89. The fourth-order valence-corrected chi connectivity index (χ4v) is 4.64. The monoisotopic (exact) mass is 501 g/mol. The van der Waals surface area contributed by atoms with E-state index in [4.69, 9.17) is 4.43 Å². The summed E-state index contributed by atoms with van der Waals surface area (Å²) in [5, 5.41) is 0.164. The molecule has 6 nitrogen and oxygen atoms in total. The van der Waals surface area contributed by atoms with Crippen molar-refractivity contribution in [2.45, 2.75) is 70.0 Å². The second-order valence-electron chi connectivity index (χ2n) is 9.18. The van der Waals surface area contributed by atoms with Crippen LogP contribution < -0.4 is 0 Å². The molecule has 0 aliphatic rings. The van der Waals surface area contributed by atoms with Crippen molar-refractivity contribution in [2.24, 2.45) is 0 Å². The summed E-state index contributed by atoms with van der Waals surface area (Å²) < 4.78 is 37.7. The summed E-state index contributed by atoms with van der Waals surface area (Å²) >= 11 is 0. The maximum absolute atomic E-state index is 13.0. The Morgan fingerprint density at radius 3 is 2.29 bits per heavy atom. The molecular formula is C26H35NO5SSi. The Labute approximate surface area is 206 Å². The van der Waals surface area contributed by atoms with Gasteiger partial charge in [0.2, 0.25) is 0 Å². The van der Waals surface area contributed by atoms with Gasteiger partial charge in [0, 0.05) is 37.3 Å². The maximum Gasteiger partial charge on any atom is 0.384 e. The zero-order valence-electron chi connectivity index (χ0n) is 21.2. The van der Waals surface area contributed by atoms with E-state index in [9.17, 15) is 13.2 Å². The predicted octanol–water partition coefficient (Wildman–Crippen LogP) is 4.32. The molecule has 0 aliphatic heterocycles. The first kappa shape index (κ1) is 29.3. The number of sulfonamides is 1. The van der Waals surface area contributed by atoms with Crippen molar-refractivity contribution >= 4 is 24.3 Å². The summed E-state index contributed by atoms with van der Waals surface area (Å²) in [6, 6.07) is 9.14. The van der Waals surface area contributed by atoms with Crippen molar-refractivity contribution in [2.75, 3.05) is 20.3 Å². The smallest absolute Gasteiger partial charge is 0.384 e. The standard InChI is InChI=1S/C26H35NO5SSi/c1-23-16-18-24(19-17-23)33(29,30)27(21-13-11-15-25(28)31-5)20-12-9-8-10-14-22-32-34(6,7)26(2,3)4/h16-19H,10,13-14,21-22H2,1-7H3. The van der Waals surface area contributed by atoms with Gasteiger partial charge in [0.05, 0.1) is 18.6 Å². The van der Waals surface area contributed by atoms with Gasteiger partial charge in [0.1, 0.15) is 0 Å². The quantitative estimate of drug-likeness (QED) is 0.132. The molecule has 0 unspecified atom stereocenters. The molecule has 0 atom stereocenters. The van der Waals surface area contributed by atoms with Crippen LogP contribution >= 0.6 is 0 Å². The third-order valence-electron chi connectivity index (χ3n) is 5.47. The normalized spacial score (nSPS) is 11.1. The lowest BCUT2D eigenvalue weighted by atomic mass is 10.2. The number of rotatable bonds is 8. The van der Waals surface area contributed by atoms with Crippen molar-refractivity contribution in [3.05, 3.63) is 29.8 Å². The van der Waals surface area contributed by atoms with Gasteiger partial charge < -0.3 is 9.16 Å². The number of hydrogen-bond acceptors (Lipinski definition) is 5. The minimum atomic E-state index is -3.86. The predicted molar refractivity (Wildman–Crippen MR) is 137 cm³/mol. The average Bonchev–Trinajstić information content (AvgIpc) is 2.75. The molecule has 8 heteroatoms. The lowest BCUT2D eigenvalue weighted by Crippen LogP contribution is -2.40. The molecule has 0 N–H and O–H groups in total. The fourth-order valence-electron chi connectivity index (χ4n) is 2.32. The van der Waals surface area contributed by atoms with Crippen LogP contribution in [0.5, 0.6) is 0 Å². The van der Waals surface area contributed by atoms with E-state index in [-0.39, 0.29) is 22.9 Å². The van der Waals surface area contributed by atoms with Crippen molar-refractivity contribution in [1.82, 2.24) is 4.31 Å². The van der Waals surface area contributed by atoms with Crippen LogP contribution in [-0.4, -0.2) is 47.3 Å². The average molecular weight is 502 g/mol. The third-order valence-corrected chi connectivity index (χ3v) is 11.7. The number of methoxy groups -OCH3 is 1. The van der Waals surface area contributed by atoms with Gasteiger partial charge in [-0.3, -0.25) is 0 Å². The van der Waals surface area contributed by atoms with E-state index < -0.39 is 24.3 Å². The number of carbonyl (C=O) groups is 1. The molecule has 0 bridgehead atoms. The van der Waals surface area contributed by atoms with Gasteiger partial charge in [0.25, 0.3) is 10.0 Å². The first-order chi connectivity index (χ1) is 15.8. The van der Waals surface area contributed by atoms with E-state index >= 15 is 0 Å². The number of aryl methyl sites for hydroxylation is 1. The Kier molecular flexibility index (Phi) is 11.4. The van der Waals surface area contributed by atoms with Crippen LogP contribution in [0.2, 0.25) is 18.1 Å². The number of benzene rings is 1. The van der Waals surface area contributed by atoms with E-state index in [1.807, 2.05) is 6.92 Å². The lowest BCUT2D eigenvalue weighted by molar-refractivity contribution is -0.133. The van der Waals surface area contributed by atoms with Crippen LogP contribution in [0, 0.1) is 42.6 Å². The van der Waals surface area contributed by atoms with E-state index in [1.165, 1.54) is 19.2 Å². The molecule has 34 heavy (non-hydrogen) atoms. The first-order valence-corrected chi connectivity index (χ1v) is 15.4. The molecule has 0 amide bonds. The van der Waals surface area contributed by atoms with Gasteiger partial charge in [-0.2, -0.15) is 0 Å². The molecule has 0 fully saturated rings. The van der Waals surface area contributed by atoms with Crippen molar-refractivity contribution in [1.29, 1.82) is 0 Å². The molecule has 1 aromatic carbocycles. The summed E-state index contributed by atoms with van der Waals surface area (Å²) in [6.07, 6.45) is 1.52. The highest BCUT2D eigenvalue weighted by Crippen LogP contribution is 2.36. The molecule has 0 heterocycles. The van der Waals surface area contributed by atoms with Gasteiger partial charge in [-0.25, -0.2) is 17.5 Å². The van der Waals surface area contributed by atoms with E-state index in [1.54, 1.807) is 12.1 Å². The molecule has 0 aromatic heterocycles. The number of carbonyl (C=O) groups excluding carboxylic acids is 1. The lowest BCUT2D eigenvalue weighted by Gasteiger charge is -2.36. The van der Waals surface area contributed by atoms with E-state index in [2.05, 4.69) is 74.2 Å². The molecule has 0 saturated heterocycles. The van der Waals surface area contributed by atoms with Crippen LogP contribution in [0.25, 0.3) is 0 Å². The van der Waals surface area contributed by atoms with Gasteiger partial charge in [-0.05, 0) is 49.5 Å². The zero-order valence-corrected chi connectivity index (χ0v) is 23.1.